The predicted octanol–water partition coefficient (Wildman–Crippen LogP) is 0.845. The van der Waals surface area contributed by atoms with E-state index in [2.05, 4.69) is 16.7 Å². The first kappa shape index (κ1) is 9.84. The number of halogens is 1. The van der Waals surface area contributed by atoms with Gasteiger partial charge in [-0.25, -0.2) is 0 Å². The van der Waals surface area contributed by atoms with Gasteiger partial charge in [0.05, 0.1) is 0 Å². The Balaban J connectivity index is 3.83. The zero-order chi connectivity index (χ0) is 8.69. The van der Waals surface area contributed by atoms with E-state index in [1.54, 1.807) is 0 Å². The molecule has 0 atom stereocenters. The third kappa shape index (κ3) is 4.27. The van der Waals surface area contributed by atoms with E-state index in [-0.39, 0.29) is 13.2 Å². The van der Waals surface area contributed by atoms with Crippen LogP contribution in [0.2, 0.25) is 0 Å². The standard InChI is InChI=1S/C7H6ClNO2/c1-3-5-9(7(8)10)11-6-4-2/h1-2H,5-6H2. The molecule has 1 amide bonds. The van der Waals surface area contributed by atoms with Gasteiger partial charge >= 0.3 is 5.37 Å². The van der Waals surface area contributed by atoms with Crippen molar-refractivity contribution in [3.63, 3.8) is 0 Å². The highest BCUT2D eigenvalue weighted by Crippen LogP contribution is 1.95. The molecule has 0 N–H and O–H groups in total. The monoisotopic (exact) mass is 171 g/mol. The summed E-state index contributed by atoms with van der Waals surface area (Å²) < 4.78 is 0. The molecule has 3 nitrogen and oxygen atoms in total. The van der Waals surface area contributed by atoms with Crippen LogP contribution in [0, 0.1) is 24.7 Å². The molecule has 0 aromatic carbocycles. The lowest BCUT2D eigenvalue weighted by atomic mass is 10.7. The van der Waals surface area contributed by atoms with Crippen LogP contribution in [0.4, 0.5) is 4.79 Å². The van der Waals surface area contributed by atoms with Crippen molar-refractivity contribution in [2.24, 2.45) is 0 Å². The van der Waals surface area contributed by atoms with Crippen molar-refractivity contribution in [3.05, 3.63) is 0 Å². The summed E-state index contributed by atoms with van der Waals surface area (Å²) in [5.41, 5.74) is 0. The maximum atomic E-state index is 10.4. The quantitative estimate of drug-likeness (QED) is 0.273. The summed E-state index contributed by atoms with van der Waals surface area (Å²) in [7, 11) is 0. The molecular weight excluding hydrogens is 166 g/mol. The SMILES string of the molecule is C#CCON(CC#C)C(=O)Cl. The number of nitrogens with zero attached hydrogens (tertiary/aromatic N) is 1. The van der Waals surface area contributed by atoms with Crippen LogP contribution in [-0.2, 0) is 4.84 Å². The average Bonchev–Trinajstić information content (AvgIpc) is 1.97. The zero-order valence-electron chi connectivity index (χ0n) is 5.71. The van der Waals surface area contributed by atoms with Gasteiger partial charge in [0, 0.05) is 0 Å². The lowest BCUT2D eigenvalue weighted by molar-refractivity contribution is -0.0843. The fourth-order valence-corrected chi connectivity index (χ4v) is 0.465. The van der Waals surface area contributed by atoms with Gasteiger partial charge in [-0.1, -0.05) is 11.8 Å². The Morgan fingerprint density at radius 3 is 2.55 bits per heavy atom. The second kappa shape index (κ2) is 5.61. The van der Waals surface area contributed by atoms with Crippen LogP contribution >= 0.6 is 11.6 Å². The van der Waals surface area contributed by atoms with Gasteiger partial charge in [-0.15, -0.1) is 12.8 Å². The topological polar surface area (TPSA) is 29.5 Å². The molecule has 0 fully saturated rings. The molecule has 0 bridgehead atoms. The van der Waals surface area contributed by atoms with E-state index >= 15 is 0 Å². The molecule has 0 rings (SSSR count). The van der Waals surface area contributed by atoms with Crippen molar-refractivity contribution in [1.82, 2.24) is 5.06 Å². The van der Waals surface area contributed by atoms with Gasteiger partial charge in [-0.2, -0.15) is 5.06 Å². The van der Waals surface area contributed by atoms with Crippen LogP contribution in [0.1, 0.15) is 0 Å². The minimum Gasteiger partial charge on any atom is -0.256 e. The summed E-state index contributed by atoms with van der Waals surface area (Å²) in [5, 5.41) is 0.0275. The van der Waals surface area contributed by atoms with Gasteiger partial charge in [-0.3, -0.25) is 9.63 Å². The second-order valence-electron chi connectivity index (χ2n) is 1.47. The largest absolute Gasteiger partial charge is 0.341 e. The number of carbonyl (C=O) groups is 1. The number of hydroxylamine groups is 2. The third-order valence-electron chi connectivity index (χ3n) is 0.735. The fraction of sp³-hybridized carbons (Fsp3) is 0.286. The molecule has 0 spiro atoms. The van der Waals surface area contributed by atoms with Crippen LogP contribution < -0.4 is 0 Å². The number of rotatable bonds is 3. The summed E-state index contributed by atoms with van der Waals surface area (Å²) >= 11 is 5.06. The lowest BCUT2D eigenvalue weighted by Gasteiger charge is -2.13. The second-order valence-corrected chi connectivity index (χ2v) is 1.79. The molecule has 0 saturated heterocycles. The van der Waals surface area contributed by atoms with E-state index in [4.69, 9.17) is 24.4 Å². The maximum Gasteiger partial charge on any atom is 0.341 e. The van der Waals surface area contributed by atoms with E-state index in [1.165, 1.54) is 0 Å². The van der Waals surface area contributed by atoms with Crippen LogP contribution in [0.15, 0.2) is 0 Å². The Kier molecular flexibility index (Phi) is 5.02. The summed E-state index contributed by atoms with van der Waals surface area (Å²) in [5.74, 6) is 4.35. The van der Waals surface area contributed by atoms with Crippen molar-refractivity contribution in [2.75, 3.05) is 13.2 Å². The van der Waals surface area contributed by atoms with Gasteiger partial charge in [0.15, 0.2) is 0 Å². The molecule has 0 radical (unpaired) electrons. The highest BCUT2D eigenvalue weighted by molar-refractivity contribution is 6.62. The number of hydrogen-bond donors (Lipinski definition) is 0. The number of amides is 1. The summed E-state index contributed by atoms with van der Waals surface area (Å²) in [6.07, 6.45) is 9.77. The molecule has 11 heavy (non-hydrogen) atoms. The van der Waals surface area contributed by atoms with Crippen LogP contribution in [0.3, 0.4) is 0 Å². The first-order valence-electron chi connectivity index (χ1n) is 2.69. The fourth-order valence-electron chi connectivity index (χ4n) is 0.357. The van der Waals surface area contributed by atoms with E-state index in [0.29, 0.717) is 0 Å². The van der Waals surface area contributed by atoms with E-state index < -0.39 is 5.37 Å². The number of terminal acetylenes is 2. The Morgan fingerprint density at radius 1 is 1.55 bits per heavy atom. The van der Waals surface area contributed by atoms with Gasteiger partial charge in [-0.05, 0) is 11.6 Å². The first-order valence-corrected chi connectivity index (χ1v) is 3.07. The molecule has 0 unspecified atom stereocenters. The minimum absolute atomic E-state index is 0.00991. The van der Waals surface area contributed by atoms with Gasteiger partial charge in [0.2, 0.25) is 0 Å². The molecule has 0 aromatic heterocycles. The highest BCUT2D eigenvalue weighted by Gasteiger charge is 2.07. The Labute approximate surface area is 70.2 Å². The Hall–Kier alpha value is -1.16. The predicted molar refractivity (Wildman–Crippen MR) is 41.6 cm³/mol. The van der Waals surface area contributed by atoms with Crippen molar-refractivity contribution < 1.29 is 9.63 Å². The van der Waals surface area contributed by atoms with Crippen LogP contribution in [0.25, 0.3) is 0 Å². The van der Waals surface area contributed by atoms with E-state index in [9.17, 15) is 4.79 Å². The third-order valence-corrected chi connectivity index (χ3v) is 0.923. The first-order chi connectivity index (χ1) is 5.22. The molecule has 0 aromatic rings. The van der Waals surface area contributed by atoms with E-state index in [1.807, 2.05) is 0 Å². The van der Waals surface area contributed by atoms with Gasteiger partial charge in [0.25, 0.3) is 0 Å². The molecule has 0 aliphatic carbocycles. The minimum atomic E-state index is -0.779. The molecule has 0 aliphatic heterocycles. The molecule has 0 saturated carbocycles. The molecule has 0 heterocycles. The Bertz CT molecular complexity index is 213. The summed E-state index contributed by atoms with van der Waals surface area (Å²) in [6.45, 7) is -0.0375. The van der Waals surface area contributed by atoms with Crippen molar-refractivity contribution in [2.45, 2.75) is 0 Å². The zero-order valence-corrected chi connectivity index (χ0v) is 6.47. The van der Waals surface area contributed by atoms with Crippen LogP contribution in [0.5, 0.6) is 0 Å². The summed E-state index contributed by atoms with van der Waals surface area (Å²) in [6, 6.07) is 0. The number of hydrogen-bond acceptors (Lipinski definition) is 2. The highest BCUT2D eigenvalue weighted by atomic mass is 35.5. The van der Waals surface area contributed by atoms with Crippen LogP contribution in [-0.4, -0.2) is 23.6 Å². The number of carbonyl (C=O) groups excluding carboxylic acids is 1. The molecular formula is C7H6ClNO2. The van der Waals surface area contributed by atoms with Gasteiger partial charge in [0.1, 0.15) is 13.2 Å². The Morgan fingerprint density at radius 2 is 2.18 bits per heavy atom. The maximum absolute atomic E-state index is 10.4. The molecule has 0 aliphatic rings. The van der Waals surface area contributed by atoms with Crippen molar-refractivity contribution in [3.8, 4) is 24.7 Å². The van der Waals surface area contributed by atoms with Crippen molar-refractivity contribution >= 4 is 17.0 Å². The molecule has 4 heteroatoms. The summed E-state index contributed by atoms with van der Waals surface area (Å²) in [4.78, 5) is 15.1. The van der Waals surface area contributed by atoms with Gasteiger partial charge < -0.3 is 0 Å². The normalized spacial score (nSPS) is 7.91. The smallest absolute Gasteiger partial charge is 0.256 e. The lowest BCUT2D eigenvalue weighted by Crippen LogP contribution is -2.26. The average molecular weight is 172 g/mol. The molecule has 58 valence electrons. The van der Waals surface area contributed by atoms with E-state index in [0.717, 1.165) is 5.06 Å². The van der Waals surface area contributed by atoms with Crippen molar-refractivity contribution in [1.29, 1.82) is 0 Å².